The number of carbonyl (C=O) groups excluding carboxylic acids is 1. The van der Waals surface area contributed by atoms with E-state index in [9.17, 15) is 13.6 Å². The van der Waals surface area contributed by atoms with Gasteiger partial charge in [0.15, 0.2) is 0 Å². The van der Waals surface area contributed by atoms with Gasteiger partial charge in [0.1, 0.15) is 17.7 Å². The zero-order valence-electron chi connectivity index (χ0n) is 11.4. The Morgan fingerprint density at radius 2 is 2.15 bits per heavy atom. The fourth-order valence-electron chi connectivity index (χ4n) is 2.16. The van der Waals surface area contributed by atoms with Crippen molar-refractivity contribution in [3.05, 3.63) is 35.4 Å². The highest BCUT2D eigenvalue weighted by Gasteiger charge is 2.26. The number of nitrogens with one attached hydrogen (secondary N) is 1. The van der Waals surface area contributed by atoms with Crippen LogP contribution in [0.3, 0.4) is 0 Å². The van der Waals surface area contributed by atoms with Crippen molar-refractivity contribution in [2.45, 2.75) is 19.5 Å². The number of halogens is 2. The highest BCUT2D eigenvalue weighted by molar-refractivity contribution is 5.82. The van der Waals surface area contributed by atoms with Crippen molar-refractivity contribution in [3.63, 3.8) is 0 Å². The lowest BCUT2D eigenvalue weighted by Crippen LogP contribution is -2.52. The van der Waals surface area contributed by atoms with Gasteiger partial charge in [-0.15, -0.1) is 0 Å². The van der Waals surface area contributed by atoms with E-state index < -0.39 is 17.7 Å². The van der Waals surface area contributed by atoms with Crippen molar-refractivity contribution < 1.29 is 18.3 Å². The van der Waals surface area contributed by atoms with E-state index in [1.807, 2.05) is 0 Å². The van der Waals surface area contributed by atoms with E-state index in [4.69, 9.17) is 4.74 Å². The highest BCUT2D eigenvalue weighted by Crippen LogP contribution is 2.15. The quantitative estimate of drug-likeness (QED) is 0.906. The first-order valence-electron chi connectivity index (χ1n) is 6.66. The SMILES string of the molecule is CCN(Cc1c(F)cccc1F)C(=O)C1COCCN1. The standard InChI is InChI=1S/C14H18F2N2O2/c1-2-18(14(19)13-9-20-7-6-17-13)8-10-11(15)4-3-5-12(10)16/h3-5,13,17H,2,6-9H2,1H3. The molecule has 1 fully saturated rings. The molecule has 1 aliphatic rings. The predicted molar refractivity (Wildman–Crippen MR) is 70.1 cm³/mol. The lowest BCUT2D eigenvalue weighted by Gasteiger charge is -2.29. The molecule has 1 atom stereocenters. The third-order valence-corrected chi connectivity index (χ3v) is 3.32. The number of likely N-dealkylation sites (N-methyl/N-ethyl adjacent to an activating group) is 1. The number of rotatable bonds is 4. The Balaban J connectivity index is 2.10. The zero-order valence-corrected chi connectivity index (χ0v) is 11.4. The van der Waals surface area contributed by atoms with E-state index in [-0.39, 0.29) is 24.6 Å². The molecule has 1 amide bonds. The van der Waals surface area contributed by atoms with E-state index in [0.717, 1.165) is 0 Å². The molecule has 0 aromatic heterocycles. The lowest BCUT2D eigenvalue weighted by atomic mass is 10.1. The minimum atomic E-state index is -0.635. The fourth-order valence-corrected chi connectivity index (χ4v) is 2.16. The lowest BCUT2D eigenvalue weighted by molar-refractivity contribution is -0.136. The van der Waals surface area contributed by atoms with Gasteiger partial charge in [0.25, 0.3) is 0 Å². The molecule has 1 aromatic rings. The van der Waals surface area contributed by atoms with Crippen LogP contribution >= 0.6 is 0 Å². The molecule has 1 aromatic carbocycles. The first-order chi connectivity index (χ1) is 9.63. The summed E-state index contributed by atoms with van der Waals surface area (Å²) in [4.78, 5) is 13.7. The normalized spacial score (nSPS) is 18.9. The summed E-state index contributed by atoms with van der Waals surface area (Å²) in [6.45, 7) is 3.53. The molecular formula is C14H18F2N2O2. The second-order valence-electron chi connectivity index (χ2n) is 4.63. The number of benzene rings is 1. The summed E-state index contributed by atoms with van der Waals surface area (Å²) in [6, 6.07) is 3.25. The molecule has 1 saturated heterocycles. The maximum atomic E-state index is 13.6. The Morgan fingerprint density at radius 1 is 1.45 bits per heavy atom. The summed E-state index contributed by atoms with van der Waals surface area (Å²) in [5.74, 6) is -1.47. The van der Waals surface area contributed by atoms with Gasteiger partial charge < -0.3 is 15.0 Å². The molecule has 4 nitrogen and oxygen atoms in total. The van der Waals surface area contributed by atoms with Gasteiger partial charge in [-0.25, -0.2) is 8.78 Å². The third-order valence-electron chi connectivity index (χ3n) is 3.32. The van der Waals surface area contributed by atoms with E-state index in [2.05, 4.69) is 5.32 Å². The largest absolute Gasteiger partial charge is 0.378 e. The number of morpholine rings is 1. The first kappa shape index (κ1) is 14.9. The number of nitrogens with zero attached hydrogens (tertiary/aromatic N) is 1. The Labute approximate surface area is 116 Å². The van der Waals surface area contributed by atoms with Crippen molar-refractivity contribution in [2.75, 3.05) is 26.3 Å². The summed E-state index contributed by atoms with van der Waals surface area (Å²) < 4.78 is 32.5. The van der Waals surface area contributed by atoms with Gasteiger partial charge in [-0.05, 0) is 19.1 Å². The smallest absolute Gasteiger partial charge is 0.242 e. The number of carbonyl (C=O) groups is 1. The van der Waals surface area contributed by atoms with Crippen molar-refractivity contribution >= 4 is 5.91 Å². The third kappa shape index (κ3) is 3.32. The van der Waals surface area contributed by atoms with E-state index in [0.29, 0.717) is 19.7 Å². The molecule has 1 aliphatic heterocycles. The summed E-state index contributed by atoms with van der Waals surface area (Å²) in [6.07, 6.45) is 0. The minimum absolute atomic E-state index is 0.0774. The Kier molecular flexibility index (Phi) is 5.03. The Hall–Kier alpha value is -1.53. The van der Waals surface area contributed by atoms with Crippen LogP contribution in [0.4, 0.5) is 8.78 Å². The average molecular weight is 284 g/mol. The van der Waals surface area contributed by atoms with Gasteiger partial charge in [-0.2, -0.15) is 0 Å². The summed E-state index contributed by atoms with van der Waals surface area (Å²) in [5, 5.41) is 3.04. The topological polar surface area (TPSA) is 41.6 Å². The van der Waals surface area contributed by atoms with Crippen molar-refractivity contribution in [2.24, 2.45) is 0 Å². The molecule has 0 radical (unpaired) electrons. The second-order valence-corrected chi connectivity index (χ2v) is 4.63. The van der Waals surface area contributed by atoms with Crippen LogP contribution in [0.15, 0.2) is 18.2 Å². The van der Waals surface area contributed by atoms with Gasteiger partial charge in [0.05, 0.1) is 19.8 Å². The minimum Gasteiger partial charge on any atom is -0.378 e. The molecule has 1 N–H and O–H groups in total. The van der Waals surface area contributed by atoms with Crippen LogP contribution in [-0.4, -0.2) is 43.2 Å². The van der Waals surface area contributed by atoms with Crippen LogP contribution < -0.4 is 5.32 Å². The van der Waals surface area contributed by atoms with Crippen molar-refractivity contribution in [1.82, 2.24) is 10.2 Å². The molecule has 20 heavy (non-hydrogen) atoms. The molecule has 0 saturated carbocycles. The molecule has 110 valence electrons. The number of hydrogen-bond donors (Lipinski definition) is 1. The highest BCUT2D eigenvalue weighted by atomic mass is 19.1. The van der Waals surface area contributed by atoms with Crippen molar-refractivity contribution in [1.29, 1.82) is 0 Å². The molecule has 0 bridgehead atoms. The Bertz CT molecular complexity index is 456. The predicted octanol–water partition coefficient (Wildman–Crippen LogP) is 1.30. The van der Waals surface area contributed by atoms with E-state index >= 15 is 0 Å². The maximum absolute atomic E-state index is 13.6. The Morgan fingerprint density at radius 3 is 2.70 bits per heavy atom. The number of amides is 1. The number of ether oxygens (including phenoxy) is 1. The molecule has 6 heteroatoms. The molecule has 1 heterocycles. The van der Waals surface area contributed by atoms with Gasteiger partial charge in [-0.1, -0.05) is 6.07 Å². The zero-order chi connectivity index (χ0) is 14.5. The molecule has 2 rings (SSSR count). The maximum Gasteiger partial charge on any atom is 0.242 e. The van der Waals surface area contributed by atoms with Crippen LogP contribution in [0.5, 0.6) is 0 Å². The van der Waals surface area contributed by atoms with Gasteiger partial charge in [0, 0.05) is 18.7 Å². The van der Waals surface area contributed by atoms with E-state index in [1.165, 1.54) is 23.1 Å². The average Bonchev–Trinajstić information content (AvgIpc) is 2.47. The monoisotopic (exact) mass is 284 g/mol. The molecule has 1 unspecified atom stereocenters. The second kappa shape index (κ2) is 6.76. The van der Waals surface area contributed by atoms with Crippen LogP contribution in [0.25, 0.3) is 0 Å². The summed E-state index contributed by atoms with van der Waals surface area (Å²) >= 11 is 0. The molecule has 0 aliphatic carbocycles. The molecular weight excluding hydrogens is 266 g/mol. The summed E-state index contributed by atoms with van der Waals surface area (Å²) in [7, 11) is 0. The number of hydrogen-bond acceptors (Lipinski definition) is 3. The van der Waals surface area contributed by atoms with Crippen LogP contribution in [0.1, 0.15) is 12.5 Å². The molecule has 0 spiro atoms. The van der Waals surface area contributed by atoms with Crippen LogP contribution in [0.2, 0.25) is 0 Å². The van der Waals surface area contributed by atoms with Gasteiger partial charge >= 0.3 is 0 Å². The van der Waals surface area contributed by atoms with E-state index in [1.54, 1.807) is 6.92 Å². The van der Waals surface area contributed by atoms with Crippen LogP contribution in [-0.2, 0) is 16.1 Å². The van der Waals surface area contributed by atoms with Gasteiger partial charge in [-0.3, -0.25) is 4.79 Å². The fraction of sp³-hybridized carbons (Fsp3) is 0.500. The van der Waals surface area contributed by atoms with Crippen molar-refractivity contribution in [3.8, 4) is 0 Å². The van der Waals surface area contributed by atoms with Crippen LogP contribution in [0, 0.1) is 11.6 Å². The summed E-state index contributed by atoms with van der Waals surface area (Å²) in [5.41, 5.74) is -0.0839. The first-order valence-corrected chi connectivity index (χ1v) is 6.66. The van der Waals surface area contributed by atoms with Gasteiger partial charge in [0.2, 0.25) is 5.91 Å².